The highest BCUT2D eigenvalue weighted by Gasteiger charge is 2.17. The van der Waals surface area contributed by atoms with Crippen molar-refractivity contribution in [2.24, 2.45) is 0 Å². The van der Waals surface area contributed by atoms with Gasteiger partial charge in [0.25, 0.3) is 0 Å². The monoisotopic (exact) mass is 506 g/mol. The number of carbonyl (C=O) groups excluding carboxylic acids is 2. The first-order valence-electron chi connectivity index (χ1n) is 13.2. The third-order valence-corrected chi connectivity index (χ3v) is 6.73. The molecule has 0 bridgehead atoms. The number of ether oxygens (including phenoxy) is 2. The molecule has 1 unspecified atom stereocenters. The van der Waals surface area contributed by atoms with Gasteiger partial charge in [-0.15, -0.1) is 0 Å². The molecule has 0 aliphatic carbocycles. The fraction of sp³-hybridized carbons (Fsp3) is 0.438. The van der Waals surface area contributed by atoms with Crippen LogP contribution in [0.3, 0.4) is 0 Å². The average molecular weight is 507 g/mol. The lowest BCUT2D eigenvalue weighted by molar-refractivity contribution is -0.146. The lowest BCUT2D eigenvalue weighted by Gasteiger charge is -2.20. The van der Waals surface area contributed by atoms with Crippen LogP contribution in [0, 0.1) is 0 Å². The van der Waals surface area contributed by atoms with Crippen LogP contribution in [0.1, 0.15) is 94.7 Å². The van der Waals surface area contributed by atoms with Gasteiger partial charge in [0.15, 0.2) is 0 Å². The van der Waals surface area contributed by atoms with Crippen LogP contribution in [0.25, 0.3) is 5.57 Å². The highest BCUT2D eigenvalue weighted by Crippen LogP contribution is 2.26. The molecule has 5 nitrogen and oxygen atoms in total. The van der Waals surface area contributed by atoms with Crippen LogP contribution in [-0.4, -0.2) is 22.6 Å². The molecule has 37 heavy (non-hydrogen) atoms. The minimum absolute atomic E-state index is 0.146. The summed E-state index contributed by atoms with van der Waals surface area (Å²) in [6.07, 6.45) is 9.49. The molecular weight excluding hydrogens is 464 g/mol. The number of rotatable bonds is 13. The molecule has 0 radical (unpaired) electrons. The zero-order valence-electron chi connectivity index (χ0n) is 23.2. The standard InChI is InChI=1S/C32H42O5/c1-7-28(14-11-19-32(35,8-2)9-3)29-13-10-12-26(20-29)15-16-27-17-18-30(22-36-24(5)33)31(21-27)23(4)37-25(6)34/h10-14,17-21,23,35H,7-9,15-16,22H2,1-6H3/b19-11+,28-14+. The van der Waals surface area contributed by atoms with Crippen LogP contribution < -0.4 is 0 Å². The molecule has 200 valence electrons. The molecule has 0 spiro atoms. The molecule has 0 saturated carbocycles. The van der Waals surface area contributed by atoms with Crippen LogP contribution in [0.5, 0.6) is 0 Å². The quantitative estimate of drug-likeness (QED) is 0.233. The summed E-state index contributed by atoms with van der Waals surface area (Å²) in [5.74, 6) is -0.700. The number of hydrogen-bond donors (Lipinski definition) is 1. The Labute approximate surface area is 222 Å². The number of carbonyl (C=O) groups is 2. The molecule has 2 aromatic rings. The van der Waals surface area contributed by atoms with Gasteiger partial charge in [-0.25, -0.2) is 0 Å². The maximum atomic E-state index is 11.5. The number of aryl methyl sites for hydroxylation is 2. The summed E-state index contributed by atoms with van der Waals surface area (Å²) < 4.78 is 10.6. The van der Waals surface area contributed by atoms with Crippen molar-refractivity contribution in [3.8, 4) is 0 Å². The van der Waals surface area contributed by atoms with Crippen LogP contribution in [-0.2, 0) is 38.5 Å². The van der Waals surface area contributed by atoms with E-state index in [-0.39, 0.29) is 18.5 Å². The van der Waals surface area contributed by atoms with Crippen molar-refractivity contribution < 1.29 is 24.2 Å². The van der Waals surface area contributed by atoms with Crippen molar-refractivity contribution in [1.82, 2.24) is 0 Å². The minimum atomic E-state index is -0.753. The Morgan fingerprint density at radius 1 is 0.973 bits per heavy atom. The number of hydrogen-bond acceptors (Lipinski definition) is 5. The molecule has 0 amide bonds. The van der Waals surface area contributed by atoms with E-state index < -0.39 is 11.7 Å². The first kappa shape index (κ1) is 30.0. The summed E-state index contributed by atoms with van der Waals surface area (Å²) in [4.78, 5) is 22.8. The summed E-state index contributed by atoms with van der Waals surface area (Å²) in [6.45, 7) is 10.9. The van der Waals surface area contributed by atoms with Crippen molar-refractivity contribution in [3.05, 3.63) is 88.5 Å². The van der Waals surface area contributed by atoms with Crippen LogP contribution in [0.4, 0.5) is 0 Å². The lowest BCUT2D eigenvalue weighted by atomic mass is 9.94. The van der Waals surface area contributed by atoms with E-state index in [1.165, 1.54) is 30.5 Å². The molecule has 0 aromatic heterocycles. The Balaban J connectivity index is 2.21. The summed E-state index contributed by atoms with van der Waals surface area (Å²) in [5, 5.41) is 10.5. The number of benzene rings is 2. The highest BCUT2D eigenvalue weighted by atomic mass is 16.5. The minimum Gasteiger partial charge on any atom is -0.461 e. The van der Waals surface area contributed by atoms with Crippen LogP contribution in [0.2, 0.25) is 0 Å². The Morgan fingerprint density at radius 3 is 2.24 bits per heavy atom. The second kappa shape index (κ2) is 14.5. The Kier molecular flexibility index (Phi) is 11.8. The van der Waals surface area contributed by atoms with Gasteiger partial charge in [-0.1, -0.05) is 81.5 Å². The average Bonchev–Trinajstić information content (AvgIpc) is 2.88. The zero-order chi connectivity index (χ0) is 27.4. The fourth-order valence-electron chi connectivity index (χ4n) is 4.26. The Hall–Kier alpha value is -3.18. The largest absolute Gasteiger partial charge is 0.461 e. The third-order valence-electron chi connectivity index (χ3n) is 6.73. The molecule has 1 N–H and O–H groups in total. The summed E-state index contributed by atoms with van der Waals surface area (Å²) >= 11 is 0. The maximum Gasteiger partial charge on any atom is 0.303 e. The van der Waals surface area contributed by atoms with Gasteiger partial charge in [-0.2, -0.15) is 0 Å². The topological polar surface area (TPSA) is 72.8 Å². The van der Waals surface area contributed by atoms with E-state index in [1.54, 1.807) is 0 Å². The van der Waals surface area contributed by atoms with Gasteiger partial charge in [0.05, 0.1) is 5.60 Å². The van der Waals surface area contributed by atoms with Crippen molar-refractivity contribution in [3.63, 3.8) is 0 Å². The molecule has 5 heteroatoms. The van der Waals surface area contributed by atoms with Gasteiger partial charge in [-0.3, -0.25) is 9.59 Å². The van der Waals surface area contributed by atoms with Gasteiger partial charge in [0.2, 0.25) is 0 Å². The van der Waals surface area contributed by atoms with E-state index in [2.05, 4.69) is 37.3 Å². The van der Waals surface area contributed by atoms with Crippen molar-refractivity contribution in [1.29, 1.82) is 0 Å². The summed E-state index contributed by atoms with van der Waals surface area (Å²) in [5.41, 5.74) is 5.69. The maximum absolute atomic E-state index is 11.5. The lowest BCUT2D eigenvalue weighted by Crippen LogP contribution is -2.22. The molecular formula is C32H42O5. The van der Waals surface area contributed by atoms with Crippen LogP contribution in [0.15, 0.2) is 60.7 Å². The van der Waals surface area contributed by atoms with Gasteiger partial charge >= 0.3 is 11.9 Å². The predicted octanol–water partition coefficient (Wildman–Crippen LogP) is 7.06. The van der Waals surface area contributed by atoms with E-state index in [0.29, 0.717) is 12.8 Å². The molecule has 0 aliphatic heterocycles. The molecule has 0 heterocycles. The number of allylic oxidation sites excluding steroid dienone is 3. The smallest absolute Gasteiger partial charge is 0.303 e. The first-order chi connectivity index (χ1) is 17.6. The fourth-order valence-corrected chi connectivity index (χ4v) is 4.26. The van der Waals surface area contributed by atoms with E-state index in [1.807, 2.05) is 51.1 Å². The predicted molar refractivity (Wildman–Crippen MR) is 149 cm³/mol. The Bertz CT molecular complexity index is 1110. The molecule has 1 atom stereocenters. The first-order valence-corrected chi connectivity index (χ1v) is 13.2. The molecule has 2 rings (SSSR count). The molecule has 0 aliphatic rings. The second-order valence-corrected chi connectivity index (χ2v) is 9.48. The summed E-state index contributed by atoms with van der Waals surface area (Å²) in [7, 11) is 0. The van der Waals surface area contributed by atoms with Gasteiger partial charge in [0.1, 0.15) is 12.7 Å². The van der Waals surface area contributed by atoms with E-state index in [9.17, 15) is 14.7 Å². The molecule has 0 fully saturated rings. The van der Waals surface area contributed by atoms with Gasteiger partial charge < -0.3 is 14.6 Å². The van der Waals surface area contributed by atoms with E-state index in [0.717, 1.165) is 36.0 Å². The SMILES string of the molecule is CC/C(=C\C=C\C(O)(CC)CC)c1cccc(CCc2ccc(COC(C)=O)c(C(C)OC(C)=O)c2)c1. The van der Waals surface area contributed by atoms with Gasteiger partial charge in [0, 0.05) is 13.8 Å². The van der Waals surface area contributed by atoms with Crippen molar-refractivity contribution in [2.75, 3.05) is 0 Å². The van der Waals surface area contributed by atoms with Gasteiger partial charge in [-0.05, 0) is 72.4 Å². The number of esters is 2. The summed E-state index contributed by atoms with van der Waals surface area (Å²) in [6, 6.07) is 14.6. The highest BCUT2D eigenvalue weighted by molar-refractivity contribution is 5.68. The normalized spacial score (nSPS) is 13.0. The van der Waals surface area contributed by atoms with E-state index >= 15 is 0 Å². The second-order valence-electron chi connectivity index (χ2n) is 9.48. The van der Waals surface area contributed by atoms with E-state index in [4.69, 9.17) is 9.47 Å². The van der Waals surface area contributed by atoms with Crippen molar-refractivity contribution in [2.45, 2.75) is 92.0 Å². The van der Waals surface area contributed by atoms with Crippen molar-refractivity contribution >= 4 is 17.5 Å². The number of aliphatic hydroxyl groups is 1. The zero-order valence-corrected chi connectivity index (χ0v) is 23.2. The molecule has 2 aromatic carbocycles. The molecule has 0 saturated heterocycles. The van der Waals surface area contributed by atoms with Crippen LogP contribution >= 0.6 is 0 Å². The Morgan fingerprint density at radius 2 is 1.65 bits per heavy atom. The third kappa shape index (κ3) is 9.66.